The highest BCUT2D eigenvalue weighted by atomic mass is 32.1. The summed E-state index contributed by atoms with van der Waals surface area (Å²) in [6, 6.07) is 3.90. The quantitative estimate of drug-likeness (QED) is 0.715. The molecule has 0 aliphatic carbocycles. The number of aryl methyl sites for hydroxylation is 1. The number of anilines is 1. The van der Waals surface area contributed by atoms with Crippen LogP contribution in [-0.2, 0) is 0 Å². The van der Waals surface area contributed by atoms with Gasteiger partial charge in [0.2, 0.25) is 16.0 Å². The van der Waals surface area contributed by atoms with Crippen molar-refractivity contribution in [3.63, 3.8) is 0 Å². The second-order valence-corrected chi connectivity index (χ2v) is 7.88. The summed E-state index contributed by atoms with van der Waals surface area (Å²) in [4.78, 5) is 11.8. The maximum absolute atomic E-state index is 10.3. The van der Waals surface area contributed by atoms with Gasteiger partial charge in [-0.1, -0.05) is 11.3 Å². The number of hydrogen-bond acceptors (Lipinski definition) is 8. The summed E-state index contributed by atoms with van der Waals surface area (Å²) < 4.78 is 7.23. The number of β-amino-alcohol motifs (C(OH)–C–C–N with tert-alkyl or cyclic N) is 1. The van der Waals surface area contributed by atoms with Crippen LogP contribution in [0.5, 0.6) is 5.88 Å². The molecule has 0 aromatic carbocycles. The van der Waals surface area contributed by atoms with E-state index in [1.54, 1.807) is 17.8 Å². The van der Waals surface area contributed by atoms with Gasteiger partial charge in [0.05, 0.1) is 30.7 Å². The highest BCUT2D eigenvalue weighted by Crippen LogP contribution is 2.33. The maximum Gasteiger partial charge on any atom is 0.222 e. The second kappa shape index (κ2) is 6.19. The highest BCUT2D eigenvalue weighted by Gasteiger charge is 2.36. The van der Waals surface area contributed by atoms with Crippen molar-refractivity contribution in [2.24, 2.45) is 5.73 Å². The summed E-state index contributed by atoms with van der Waals surface area (Å²) >= 11 is 1.49. The Balaban J connectivity index is 1.70. The third kappa shape index (κ3) is 2.81. The molecule has 1 saturated heterocycles. The van der Waals surface area contributed by atoms with Crippen LogP contribution in [0, 0.1) is 6.92 Å². The van der Waals surface area contributed by atoms with E-state index in [0.717, 1.165) is 33.6 Å². The molecule has 2 atom stereocenters. The monoisotopic (exact) mass is 374 g/mol. The number of aliphatic hydroxyl groups is 1. The van der Waals surface area contributed by atoms with E-state index in [9.17, 15) is 5.11 Å². The van der Waals surface area contributed by atoms with Crippen LogP contribution >= 0.6 is 11.3 Å². The summed E-state index contributed by atoms with van der Waals surface area (Å²) in [6.45, 7) is 5.03. The molecule has 8 nitrogen and oxygen atoms in total. The SMILES string of the molecule is COc1nc(C)ccc1-c1cnc2sc(N3CC[C@@](C)(N)[C@H](O)C3)nn12. The number of pyridine rings is 1. The van der Waals surface area contributed by atoms with Gasteiger partial charge in [-0.3, -0.25) is 0 Å². The van der Waals surface area contributed by atoms with Crippen LogP contribution in [-0.4, -0.2) is 56.5 Å². The Morgan fingerprint density at radius 1 is 1.42 bits per heavy atom. The number of rotatable bonds is 3. The third-order valence-corrected chi connectivity index (χ3v) is 5.87. The molecule has 0 amide bonds. The van der Waals surface area contributed by atoms with Crippen molar-refractivity contribution in [3.8, 4) is 17.1 Å². The smallest absolute Gasteiger partial charge is 0.222 e. The van der Waals surface area contributed by atoms with Crippen LogP contribution < -0.4 is 15.4 Å². The molecular formula is C17H22N6O2S. The first kappa shape index (κ1) is 17.2. The summed E-state index contributed by atoms with van der Waals surface area (Å²) in [5, 5.41) is 15.8. The number of ether oxygens (including phenoxy) is 1. The Bertz CT molecular complexity index is 950. The largest absolute Gasteiger partial charge is 0.480 e. The van der Waals surface area contributed by atoms with Gasteiger partial charge in [-0.2, -0.15) is 0 Å². The van der Waals surface area contributed by atoms with Crippen LogP contribution in [0.2, 0.25) is 0 Å². The number of imidazole rings is 1. The van der Waals surface area contributed by atoms with Gasteiger partial charge in [0.15, 0.2) is 0 Å². The minimum atomic E-state index is -0.590. The molecular weight excluding hydrogens is 352 g/mol. The average molecular weight is 374 g/mol. The Hall–Kier alpha value is -2.23. The van der Waals surface area contributed by atoms with Gasteiger partial charge in [0.25, 0.3) is 0 Å². The third-order valence-electron chi connectivity index (χ3n) is 4.89. The van der Waals surface area contributed by atoms with Crippen molar-refractivity contribution in [3.05, 3.63) is 24.0 Å². The zero-order valence-electron chi connectivity index (χ0n) is 15.0. The Labute approximate surface area is 155 Å². The zero-order chi connectivity index (χ0) is 18.5. The van der Waals surface area contributed by atoms with Crippen molar-refractivity contribution >= 4 is 21.4 Å². The zero-order valence-corrected chi connectivity index (χ0v) is 15.8. The van der Waals surface area contributed by atoms with Crippen LogP contribution in [0.4, 0.5) is 5.13 Å². The molecule has 3 N–H and O–H groups in total. The topological polar surface area (TPSA) is 102 Å². The van der Waals surface area contributed by atoms with Crippen molar-refractivity contribution < 1.29 is 9.84 Å². The predicted molar refractivity (Wildman–Crippen MR) is 101 cm³/mol. The molecule has 0 bridgehead atoms. The summed E-state index contributed by atoms with van der Waals surface area (Å²) in [5.41, 5.74) is 8.13. The molecule has 3 aromatic rings. The molecule has 9 heteroatoms. The fourth-order valence-corrected chi connectivity index (χ4v) is 4.01. The lowest BCUT2D eigenvalue weighted by Crippen LogP contribution is -2.59. The number of nitrogens with two attached hydrogens (primary N) is 1. The first-order valence-electron chi connectivity index (χ1n) is 8.47. The lowest BCUT2D eigenvalue weighted by atomic mass is 9.88. The van der Waals surface area contributed by atoms with Crippen LogP contribution in [0.3, 0.4) is 0 Å². The highest BCUT2D eigenvalue weighted by molar-refractivity contribution is 7.20. The molecule has 1 fully saturated rings. The molecule has 4 heterocycles. The lowest BCUT2D eigenvalue weighted by molar-refractivity contribution is 0.0794. The lowest BCUT2D eigenvalue weighted by Gasteiger charge is -2.40. The molecule has 1 aliphatic heterocycles. The fraction of sp³-hybridized carbons (Fsp3) is 0.471. The molecule has 3 aromatic heterocycles. The van der Waals surface area contributed by atoms with Gasteiger partial charge in [0, 0.05) is 24.3 Å². The van der Waals surface area contributed by atoms with Gasteiger partial charge in [-0.05, 0) is 32.4 Å². The molecule has 0 saturated carbocycles. The van der Waals surface area contributed by atoms with Crippen LogP contribution in [0.25, 0.3) is 16.2 Å². The Morgan fingerprint density at radius 2 is 2.23 bits per heavy atom. The Kier molecular flexibility index (Phi) is 4.09. The van der Waals surface area contributed by atoms with Crippen molar-refractivity contribution in [2.75, 3.05) is 25.1 Å². The first-order valence-corrected chi connectivity index (χ1v) is 9.29. The van der Waals surface area contributed by atoms with E-state index in [2.05, 4.69) is 14.9 Å². The number of aliphatic hydroxyl groups excluding tert-OH is 1. The summed E-state index contributed by atoms with van der Waals surface area (Å²) in [6.07, 6.45) is 1.89. The summed E-state index contributed by atoms with van der Waals surface area (Å²) in [7, 11) is 1.61. The van der Waals surface area contributed by atoms with Crippen molar-refractivity contribution in [1.82, 2.24) is 19.6 Å². The molecule has 26 heavy (non-hydrogen) atoms. The van der Waals surface area contributed by atoms with E-state index in [0.29, 0.717) is 18.8 Å². The molecule has 0 radical (unpaired) electrons. The minimum absolute atomic E-state index is 0.467. The number of methoxy groups -OCH3 is 1. The number of aromatic nitrogens is 4. The van der Waals surface area contributed by atoms with Gasteiger partial charge < -0.3 is 20.5 Å². The number of hydrogen-bond donors (Lipinski definition) is 2. The van der Waals surface area contributed by atoms with Crippen LogP contribution in [0.1, 0.15) is 19.0 Å². The second-order valence-electron chi connectivity index (χ2n) is 6.95. The van der Waals surface area contributed by atoms with Crippen molar-refractivity contribution in [1.29, 1.82) is 0 Å². The summed E-state index contributed by atoms with van der Waals surface area (Å²) in [5.74, 6) is 0.550. The number of piperidine rings is 1. The molecule has 4 rings (SSSR count). The number of fused-ring (bicyclic) bond motifs is 1. The van der Waals surface area contributed by atoms with E-state index < -0.39 is 11.6 Å². The Morgan fingerprint density at radius 3 is 2.96 bits per heavy atom. The first-order chi connectivity index (χ1) is 12.4. The number of nitrogens with zero attached hydrogens (tertiary/aromatic N) is 5. The van der Waals surface area contributed by atoms with Crippen LogP contribution in [0.15, 0.2) is 18.3 Å². The molecule has 1 aliphatic rings. The average Bonchev–Trinajstić information content (AvgIpc) is 3.18. The minimum Gasteiger partial charge on any atom is -0.480 e. The van der Waals surface area contributed by atoms with E-state index in [1.165, 1.54) is 11.3 Å². The van der Waals surface area contributed by atoms with Gasteiger partial charge in [-0.25, -0.2) is 14.5 Å². The van der Waals surface area contributed by atoms with Crippen molar-refractivity contribution in [2.45, 2.75) is 31.9 Å². The van der Waals surface area contributed by atoms with Gasteiger partial charge >= 0.3 is 0 Å². The van der Waals surface area contributed by atoms with E-state index in [-0.39, 0.29) is 0 Å². The standard InChI is InChI=1S/C17H22N6O2S/c1-10-4-5-11(14(20-10)25-3)12-8-19-15-23(12)21-16(26-15)22-7-6-17(2,18)13(24)9-22/h4-5,8,13,24H,6-7,9,18H2,1-3H3/t13-,17-/m1/s1. The normalized spacial score (nSPS) is 23.6. The van der Waals surface area contributed by atoms with E-state index >= 15 is 0 Å². The molecule has 138 valence electrons. The fourth-order valence-electron chi connectivity index (χ4n) is 3.10. The van der Waals surface area contributed by atoms with E-state index in [1.807, 2.05) is 26.0 Å². The van der Waals surface area contributed by atoms with E-state index in [4.69, 9.17) is 15.6 Å². The van der Waals surface area contributed by atoms with Gasteiger partial charge in [0.1, 0.15) is 0 Å². The molecule has 0 spiro atoms. The molecule has 0 unspecified atom stereocenters. The maximum atomic E-state index is 10.3. The predicted octanol–water partition coefficient (Wildman–Crippen LogP) is 1.46. The van der Waals surface area contributed by atoms with Gasteiger partial charge in [-0.15, -0.1) is 5.10 Å².